The minimum atomic E-state index is -0.260. The zero-order chi connectivity index (χ0) is 13.0. The zero-order valence-electron chi connectivity index (χ0n) is 10.4. The van der Waals surface area contributed by atoms with Crippen LogP contribution in [-0.2, 0) is 0 Å². The summed E-state index contributed by atoms with van der Waals surface area (Å²) in [6, 6.07) is 12.7. The van der Waals surface area contributed by atoms with E-state index in [2.05, 4.69) is 0 Å². The fraction of sp³-hybridized carbons (Fsp3) is 0.200. The second kappa shape index (κ2) is 7.22. The number of nitrogens with two attached hydrogens (primary N) is 1. The molecule has 0 amide bonds. The van der Waals surface area contributed by atoms with Crippen molar-refractivity contribution in [2.75, 3.05) is 6.54 Å². The van der Waals surface area contributed by atoms with Crippen LogP contribution in [0.3, 0.4) is 0 Å². The molecule has 0 spiro atoms. The average molecular weight is 284 g/mol. The molecule has 0 aliphatic heterocycles. The van der Waals surface area contributed by atoms with Crippen molar-refractivity contribution >= 4 is 12.4 Å². The Balaban J connectivity index is 0.00000180. The Kier molecular flexibility index (Phi) is 5.93. The van der Waals surface area contributed by atoms with Gasteiger partial charge in [-0.15, -0.1) is 12.4 Å². The first kappa shape index (κ1) is 15.6. The molecule has 2 rings (SSSR count). The first-order valence-electron chi connectivity index (χ1n) is 5.91. The summed E-state index contributed by atoms with van der Waals surface area (Å²) in [6.45, 7) is 0.527. The molecule has 0 fully saturated rings. The highest BCUT2D eigenvalue weighted by molar-refractivity contribution is 5.85. The van der Waals surface area contributed by atoms with Crippen LogP contribution in [-0.4, -0.2) is 6.54 Å². The van der Waals surface area contributed by atoms with Crippen molar-refractivity contribution in [3.05, 3.63) is 71.3 Å². The van der Waals surface area contributed by atoms with Gasteiger partial charge in [-0.3, -0.25) is 0 Å². The smallest absolute Gasteiger partial charge is 0.123 e. The van der Waals surface area contributed by atoms with Crippen LogP contribution in [0.25, 0.3) is 0 Å². The Labute approximate surface area is 117 Å². The van der Waals surface area contributed by atoms with Crippen molar-refractivity contribution in [2.45, 2.75) is 12.3 Å². The predicted octanol–water partition coefficient (Wildman–Crippen LogP) is 3.87. The van der Waals surface area contributed by atoms with Crippen LogP contribution in [0.2, 0.25) is 0 Å². The Morgan fingerprint density at radius 3 is 1.47 bits per heavy atom. The standard InChI is InChI=1S/C15H15F2N.ClH/c16-13-5-1-11(2-6-13)15(9-10-18)12-3-7-14(17)8-4-12;/h1-8,15H,9-10,18H2;1H. The fourth-order valence-electron chi connectivity index (χ4n) is 2.08. The van der Waals surface area contributed by atoms with Gasteiger partial charge in [0.05, 0.1) is 0 Å². The molecule has 0 radical (unpaired) electrons. The number of rotatable bonds is 4. The largest absolute Gasteiger partial charge is 0.330 e. The van der Waals surface area contributed by atoms with Crippen LogP contribution < -0.4 is 5.73 Å². The highest BCUT2D eigenvalue weighted by atomic mass is 35.5. The molecule has 0 aromatic heterocycles. The third-order valence-electron chi connectivity index (χ3n) is 3.00. The minimum Gasteiger partial charge on any atom is -0.330 e. The summed E-state index contributed by atoms with van der Waals surface area (Å²) in [7, 11) is 0. The lowest BCUT2D eigenvalue weighted by molar-refractivity contribution is 0.623. The lowest BCUT2D eigenvalue weighted by atomic mass is 9.88. The Hall–Kier alpha value is -1.45. The van der Waals surface area contributed by atoms with Crippen LogP contribution in [0.4, 0.5) is 8.78 Å². The molecule has 0 aliphatic carbocycles. The van der Waals surface area contributed by atoms with E-state index in [4.69, 9.17) is 5.73 Å². The maximum atomic E-state index is 12.9. The van der Waals surface area contributed by atoms with Gasteiger partial charge in [0.1, 0.15) is 11.6 Å². The molecule has 0 atom stereocenters. The summed E-state index contributed by atoms with van der Waals surface area (Å²) in [5.41, 5.74) is 7.60. The molecule has 4 heteroatoms. The van der Waals surface area contributed by atoms with Gasteiger partial charge in [-0.25, -0.2) is 8.78 Å². The molecule has 2 N–H and O–H groups in total. The van der Waals surface area contributed by atoms with Crippen molar-refractivity contribution in [2.24, 2.45) is 5.73 Å². The molecule has 0 bridgehead atoms. The van der Waals surface area contributed by atoms with E-state index in [1.165, 1.54) is 24.3 Å². The van der Waals surface area contributed by atoms with E-state index in [0.717, 1.165) is 17.5 Å². The van der Waals surface area contributed by atoms with Crippen LogP contribution in [0.5, 0.6) is 0 Å². The van der Waals surface area contributed by atoms with E-state index in [9.17, 15) is 8.78 Å². The number of halogens is 3. The van der Waals surface area contributed by atoms with Crippen LogP contribution in [0.1, 0.15) is 23.5 Å². The predicted molar refractivity (Wildman–Crippen MR) is 75.6 cm³/mol. The summed E-state index contributed by atoms with van der Waals surface area (Å²) in [5, 5.41) is 0. The maximum Gasteiger partial charge on any atom is 0.123 e. The molecule has 2 aromatic rings. The average Bonchev–Trinajstić information content (AvgIpc) is 2.39. The Morgan fingerprint density at radius 1 is 0.789 bits per heavy atom. The van der Waals surface area contributed by atoms with E-state index in [1.807, 2.05) is 0 Å². The molecule has 0 saturated carbocycles. The molecule has 0 saturated heterocycles. The van der Waals surface area contributed by atoms with Crippen LogP contribution in [0, 0.1) is 11.6 Å². The summed E-state index contributed by atoms with van der Waals surface area (Å²) >= 11 is 0. The maximum absolute atomic E-state index is 12.9. The van der Waals surface area contributed by atoms with Gasteiger partial charge in [-0.2, -0.15) is 0 Å². The van der Waals surface area contributed by atoms with Gasteiger partial charge >= 0.3 is 0 Å². The van der Waals surface area contributed by atoms with Gasteiger partial charge in [0.2, 0.25) is 0 Å². The van der Waals surface area contributed by atoms with E-state index in [1.54, 1.807) is 24.3 Å². The summed E-state index contributed by atoms with van der Waals surface area (Å²) in [5.74, 6) is -0.440. The molecule has 0 unspecified atom stereocenters. The van der Waals surface area contributed by atoms with Crippen LogP contribution in [0.15, 0.2) is 48.5 Å². The van der Waals surface area contributed by atoms with E-state index in [0.29, 0.717) is 6.54 Å². The highest BCUT2D eigenvalue weighted by Gasteiger charge is 2.13. The van der Waals surface area contributed by atoms with Crippen molar-refractivity contribution in [1.82, 2.24) is 0 Å². The molecular weight excluding hydrogens is 268 g/mol. The fourth-order valence-corrected chi connectivity index (χ4v) is 2.08. The Bertz CT molecular complexity index is 451. The molecule has 102 valence electrons. The van der Waals surface area contributed by atoms with E-state index < -0.39 is 0 Å². The van der Waals surface area contributed by atoms with Gasteiger partial charge < -0.3 is 5.73 Å². The van der Waals surface area contributed by atoms with Gasteiger partial charge in [0.15, 0.2) is 0 Å². The lowest BCUT2D eigenvalue weighted by Gasteiger charge is -2.17. The molecule has 0 aliphatic rings. The normalized spacial score (nSPS) is 10.3. The molecule has 2 aromatic carbocycles. The number of hydrogen-bond donors (Lipinski definition) is 1. The first-order chi connectivity index (χ1) is 8.70. The van der Waals surface area contributed by atoms with E-state index >= 15 is 0 Å². The monoisotopic (exact) mass is 283 g/mol. The minimum absolute atomic E-state index is 0. The number of hydrogen-bond acceptors (Lipinski definition) is 1. The van der Waals surface area contributed by atoms with Crippen molar-refractivity contribution in [3.63, 3.8) is 0 Å². The number of benzene rings is 2. The molecule has 1 nitrogen and oxygen atoms in total. The van der Waals surface area contributed by atoms with Gasteiger partial charge in [-0.05, 0) is 48.4 Å². The quantitative estimate of drug-likeness (QED) is 0.906. The summed E-state index contributed by atoms with van der Waals surface area (Å²) in [4.78, 5) is 0. The highest BCUT2D eigenvalue weighted by Crippen LogP contribution is 2.27. The zero-order valence-corrected chi connectivity index (χ0v) is 11.2. The van der Waals surface area contributed by atoms with Gasteiger partial charge in [0, 0.05) is 5.92 Å². The third-order valence-corrected chi connectivity index (χ3v) is 3.00. The van der Waals surface area contributed by atoms with E-state index in [-0.39, 0.29) is 30.0 Å². The summed E-state index contributed by atoms with van der Waals surface area (Å²) < 4.78 is 25.8. The van der Waals surface area contributed by atoms with Gasteiger partial charge in [-0.1, -0.05) is 24.3 Å². The van der Waals surface area contributed by atoms with Crippen LogP contribution >= 0.6 is 12.4 Å². The SMILES string of the molecule is Cl.NCCC(c1ccc(F)cc1)c1ccc(F)cc1. The van der Waals surface area contributed by atoms with Crippen molar-refractivity contribution < 1.29 is 8.78 Å². The lowest BCUT2D eigenvalue weighted by Crippen LogP contribution is -2.09. The second-order valence-corrected chi connectivity index (χ2v) is 4.23. The van der Waals surface area contributed by atoms with Crippen molar-refractivity contribution in [1.29, 1.82) is 0 Å². The first-order valence-corrected chi connectivity index (χ1v) is 5.91. The molecule has 0 heterocycles. The molecular formula is C15H16ClF2N. The Morgan fingerprint density at radius 2 is 1.16 bits per heavy atom. The van der Waals surface area contributed by atoms with Gasteiger partial charge in [0.25, 0.3) is 0 Å². The van der Waals surface area contributed by atoms with Crippen molar-refractivity contribution in [3.8, 4) is 0 Å². The second-order valence-electron chi connectivity index (χ2n) is 4.23. The molecule has 19 heavy (non-hydrogen) atoms. The third kappa shape index (κ3) is 4.01. The topological polar surface area (TPSA) is 26.0 Å². The summed E-state index contributed by atoms with van der Waals surface area (Å²) in [6.07, 6.45) is 0.747.